The number of ether oxygens (including phenoxy) is 1. The van der Waals surface area contributed by atoms with Gasteiger partial charge >= 0.3 is 5.97 Å². The molecule has 0 aromatic carbocycles. The molecular formula is C14H19BrN2O3. The van der Waals surface area contributed by atoms with Gasteiger partial charge in [0.25, 0.3) is 0 Å². The molecule has 20 heavy (non-hydrogen) atoms. The van der Waals surface area contributed by atoms with Crippen LogP contribution < -0.4 is 0 Å². The lowest BCUT2D eigenvalue weighted by atomic mass is 9.91. The fraction of sp³-hybridized carbons (Fsp3) is 0.571. The molecule has 0 radical (unpaired) electrons. The molecule has 2 rings (SSSR count). The van der Waals surface area contributed by atoms with Gasteiger partial charge in [-0.25, -0.2) is 9.78 Å². The number of aliphatic hydroxyl groups is 1. The number of piperidine rings is 1. The van der Waals surface area contributed by atoms with E-state index in [2.05, 4.69) is 25.8 Å². The zero-order valence-electron chi connectivity index (χ0n) is 11.5. The quantitative estimate of drug-likeness (QED) is 0.666. The molecule has 1 aliphatic heterocycles. The summed E-state index contributed by atoms with van der Waals surface area (Å²) in [5, 5.41) is 10.3. The molecule has 0 unspecified atom stereocenters. The summed E-state index contributed by atoms with van der Waals surface area (Å²) in [6, 6.07) is 5.81. The zero-order valence-corrected chi connectivity index (χ0v) is 13.1. The van der Waals surface area contributed by atoms with Crippen LogP contribution in [0.5, 0.6) is 0 Å². The number of rotatable bonds is 4. The Balaban J connectivity index is 1.89. The van der Waals surface area contributed by atoms with Gasteiger partial charge in [-0.05, 0) is 47.8 Å². The first-order valence-electron chi connectivity index (χ1n) is 6.77. The van der Waals surface area contributed by atoms with E-state index in [0.29, 0.717) is 32.5 Å². The Labute approximate surface area is 127 Å². The van der Waals surface area contributed by atoms with Crippen molar-refractivity contribution in [2.24, 2.45) is 0 Å². The second-order valence-corrected chi connectivity index (χ2v) is 5.79. The predicted octanol–water partition coefficient (Wildman–Crippen LogP) is 1.73. The SMILES string of the molecule is CCOC(=O)C1(O)CCN(Cc2cccc(Br)n2)CC1. The summed E-state index contributed by atoms with van der Waals surface area (Å²) in [5.74, 6) is -0.500. The summed E-state index contributed by atoms with van der Waals surface area (Å²) >= 11 is 3.35. The highest BCUT2D eigenvalue weighted by Gasteiger charge is 2.40. The van der Waals surface area contributed by atoms with Crippen molar-refractivity contribution in [3.63, 3.8) is 0 Å². The van der Waals surface area contributed by atoms with E-state index in [0.717, 1.165) is 16.8 Å². The number of carbonyl (C=O) groups excluding carboxylic acids is 1. The van der Waals surface area contributed by atoms with Crippen LogP contribution in [0.15, 0.2) is 22.8 Å². The minimum atomic E-state index is -1.32. The summed E-state index contributed by atoms with van der Waals surface area (Å²) < 4.78 is 5.74. The Morgan fingerprint density at radius 1 is 1.50 bits per heavy atom. The average molecular weight is 343 g/mol. The van der Waals surface area contributed by atoms with Crippen LogP contribution in [-0.4, -0.2) is 46.3 Å². The van der Waals surface area contributed by atoms with Crippen LogP contribution in [-0.2, 0) is 16.1 Å². The van der Waals surface area contributed by atoms with E-state index in [1.807, 2.05) is 18.2 Å². The van der Waals surface area contributed by atoms with E-state index >= 15 is 0 Å². The molecule has 1 aliphatic rings. The average Bonchev–Trinajstić information content (AvgIpc) is 2.42. The van der Waals surface area contributed by atoms with Crippen LogP contribution in [0.25, 0.3) is 0 Å². The van der Waals surface area contributed by atoms with E-state index in [4.69, 9.17) is 4.74 Å². The molecular weight excluding hydrogens is 324 g/mol. The van der Waals surface area contributed by atoms with Crippen LogP contribution in [0.4, 0.5) is 0 Å². The first kappa shape index (κ1) is 15.4. The Hall–Kier alpha value is -0.980. The van der Waals surface area contributed by atoms with E-state index in [1.165, 1.54) is 0 Å². The monoisotopic (exact) mass is 342 g/mol. The summed E-state index contributed by atoms with van der Waals surface area (Å²) in [6.45, 7) is 4.08. The smallest absolute Gasteiger partial charge is 0.338 e. The van der Waals surface area contributed by atoms with Gasteiger partial charge in [-0.3, -0.25) is 4.90 Å². The third kappa shape index (κ3) is 3.77. The molecule has 0 amide bonds. The molecule has 2 heterocycles. The minimum absolute atomic E-state index is 0.298. The molecule has 1 saturated heterocycles. The van der Waals surface area contributed by atoms with Crippen LogP contribution in [0.2, 0.25) is 0 Å². The van der Waals surface area contributed by atoms with E-state index in [-0.39, 0.29) is 0 Å². The van der Waals surface area contributed by atoms with Gasteiger partial charge in [0.05, 0.1) is 12.3 Å². The number of likely N-dealkylation sites (tertiary alicyclic amines) is 1. The first-order valence-corrected chi connectivity index (χ1v) is 7.56. The van der Waals surface area contributed by atoms with Crippen LogP contribution >= 0.6 is 15.9 Å². The molecule has 1 N–H and O–H groups in total. The highest BCUT2D eigenvalue weighted by molar-refractivity contribution is 9.10. The fourth-order valence-electron chi connectivity index (χ4n) is 2.32. The van der Waals surface area contributed by atoms with Crippen molar-refractivity contribution in [1.29, 1.82) is 0 Å². The third-order valence-corrected chi connectivity index (χ3v) is 3.94. The maximum absolute atomic E-state index is 11.7. The van der Waals surface area contributed by atoms with Gasteiger partial charge in [0.15, 0.2) is 5.60 Å². The Bertz CT molecular complexity index is 473. The number of halogens is 1. The Morgan fingerprint density at radius 3 is 2.80 bits per heavy atom. The van der Waals surface area contributed by atoms with Crippen LogP contribution in [0.1, 0.15) is 25.5 Å². The fourth-order valence-corrected chi connectivity index (χ4v) is 2.70. The van der Waals surface area contributed by atoms with Crippen molar-refractivity contribution in [3.8, 4) is 0 Å². The molecule has 0 bridgehead atoms. The van der Waals surface area contributed by atoms with Gasteiger partial charge in [0.1, 0.15) is 4.60 Å². The van der Waals surface area contributed by atoms with Crippen LogP contribution in [0, 0.1) is 0 Å². The lowest BCUT2D eigenvalue weighted by Crippen LogP contribution is -2.49. The maximum atomic E-state index is 11.7. The third-order valence-electron chi connectivity index (χ3n) is 3.50. The molecule has 1 fully saturated rings. The van der Waals surface area contributed by atoms with Crippen molar-refractivity contribution in [1.82, 2.24) is 9.88 Å². The van der Waals surface area contributed by atoms with Gasteiger partial charge in [0, 0.05) is 19.6 Å². The number of hydrogen-bond donors (Lipinski definition) is 1. The van der Waals surface area contributed by atoms with Gasteiger partial charge in [-0.1, -0.05) is 6.07 Å². The number of esters is 1. The second-order valence-electron chi connectivity index (χ2n) is 4.98. The van der Waals surface area contributed by atoms with E-state index in [1.54, 1.807) is 6.92 Å². The Morgan fingerprint density at radius 2 is 2.20 bits per heavy atom. The molecule has 6 heteroatoms. The first-order chi connectivity index (χ1) is 9.53. The number of hydrogen-bond acceptors (Lipinski definition) is 5. The highest BCUT2D eigenvalue weighted by atomic mass is 79.9. The largest absolute Gasteiger partial charge is 0.464 e. The van der Waals surface area contributed by atoms with Crippen molar-refractivity contribution >= 4 is 21.9 Å². The molecule has 110 valence electrons. The van der Waals surface area contributed by atoms with Crippen LogP contribution in [0.3, 0.4) is 0 Å². The summed E-state index contributed by atoms with van der Waals surface area (Å²) in [5.41, 5.74) is -0.349. The van der Waals surface area contributed by atoms with E-state index < -0.39 is 11.6 Å². The lowest BCUT2D eigenvalue weighted by molar-refractivity contribution is -0.170. The van der Waals surface area contributed by atoms with E-state index in [9.17, 15) is 9.90 Å². The number of aromatic nitrogens is 1. The van der Waals surface area contributed by atoms with Gasteiger partial charge in [-0.15, -0.1) is 0 Å². The zero-order chi connectivity index (χ0) is 14.6. The van der Waals surface area contributed by atoms with Crippen molar-refractivity contribution < 1.29 is 14.6 Å². The molecule has 0 saturated carbocycles. The number of carbonyl (C=O) groups is 1. The number of nitrogens with zero attached hydrogens (tertiary/aromatic N) is 2. The summed E-state index contributed by atoms with van der Waals surface area (Å²) in [4.78, 5) is 18.3. The number of pyridine rings is 1. The van der Waals surface area contributed by atoms with Crippen molar-refractivity contribution in [3.05, 3.63) is 28.5 Å². The second kappa shape index (κ2) is 6.65. The molecule has 5 nitrogen and oxygen atoms in total. The van der Waals surface area contributed by atoms with Gasteiger partial charge in [-0.2, -0.15) is 0 Å². The topological polar surface area (TPSA) is 62.7 Å². The molecule has 1 aromatic rings. The minimum Gasteiger partial charge on any atom is -0.464 e. The predicted molar refractivity (Wildman–Crippen MR) is 78.0 cm³/mol. The maximum Gasteiger partial charge on any atom is 0.338 e. The summed E-state index contributed by atoms with van der Waals surface area (Å²) in [6.07, 6.45) is 0.805. The van der Waals surface area contributed by atoms with Gasteiger partial charge < -0.3 is 9.84 Å². The van der Waals surface area contributed by atoms with Gasteiger partial charge in [0.2, 0.25) is 0 Å². The Kier molecular flexibility index (Phi) is 5.12. The van der Waals surface area contributed by atoms with Crippen molar-refractivity contribution in [2.75, 3.05) is 19.7 Å². The molecule has 0 aliphatic carbocycles. The summed E-state index contributed by atoms with van der Waals surface area (Å²) in [7, 11) is 0. The standard InChI is InChI=1S/C14H19BrN2O3/c1-2-20-13(18)14(19)6-8-17(9-7-14)10-11-4-3-5-12(15)16-11/h3-5,19H,2,6-10H2,1H3. The highest BCUT2D eigenvalue weighted by Crippen LogP contribution is 2.24. The molecule has 0 spiro atoms. The molecule has 0 atom stereocenters. The molecule has 1 aromatic heterocycles. The lowest BCUT2D eigenvalue weighted by Gasteiger charge is -2.36. The van der Waals surface area contributed by atoms with Crippen molar-refractivity contribution in [2.45, 2.75) is 31.9 Å². The normalized spacial score (nSPS) is 18.8.